The molecule has 4 nitrogen and oxygen atoms in total. The number of hydrogen-bond acceptors (Lipinski definition) is 4. The van der Waals surface area contributed by atoms with Gasteiger partial charge in [-0.25, -0.2) is 4.79 Å². The van der Waals surface area contributed by atoms with Gasteiger partial charge in [-0.3, -0.25) is 0 Å². The van der Waals surface area contributed by atoms with Crippen LogP contribution in [0.15, 0.2) is 27.6 Å². The second-order valence-electron chi connectivity index (χ2n) is 2.64. The minimum absolute atomic E-state index is 0.0433. The van der Waals surface area contributed by atoms with Crippen LogP contribution in [0.1, 0.15) is 5.56 Å². The fourth-order valence-electron chi connectivity index (χ4n) is 1.13. The minimum Gasteiger partial charge on any atom is -0.421 e. The highest BCUT2D eigenvalue weighted by atomic mass is 79.9. The summed E-state index contributed by atoms with van der Waals surface area (Å²) in [6, 6.07) is 5.62. The van der Waals surface area contributed by atoms with Crippen molar-refractivity contribution in [3.63, 3.8) is 0 Å². The SMILES string of the molecule is O=C=Nc1nc2cc(CBr)ccc2o1. The second kappa shape index (κ2) is 3.74. The molecule has 0 bridgehead atoms. The van der Waals surface area contributed by atoms with Crippen molar-refractivity contribution in [1.29, 1.82) is 0 Å². The highest BCUT2D eigenvalue weighted by Crippen LogP contribution is 2.22. The maximum Gasteiger partial charge on any atom is 0.333 e. The first kappa shape index (κ1) is 9.12. The lowest BCUT2D eigenvalue weighted by Gasteiger charge is -1.91. The molecule has 0 saturated carbocycles. The number of rotatable bonds is 2. The molecule has 0 aliphatic carbocycles. The summed E-state index contributed by atoms with van der Waals surface area (Å²) in [4.78, 5) is 17.3. The number of halogens is 1. The number of fused-ring (bicyclic) bond motifs is 1. The molecule has 0 aliphatic heterocycles. The number of aliphatic imine (C=N–C) groups is 1. The van der Waals surface area contributed by atoms with Crippen LogP contribution in [0, 0.1) is 0 Å². The summed E-state index contributed by atoms with van der Waals surface area (Å²) < 4.78 is 5.15. The van der Waals surface area contributed by atoms with E-state index in [2.05, 4.69) is 25.9 Å². The van der Waals surface area contributed by atoms with E-state index >= 15 is 0 Å². The van der Waals surface area contributed by atoms with E-state index in [1.54, 1.807) is 6.07 Å². The van der Waals surface area contributed by atoms with Crippen LogP contribution in [0.25, 0.3) is 11.1 Å². The molecule has 0 N–H and O–H groups in total. The molecule has 14 heavy (non-hydrogen) atoms. The van der Waals surface area contributed by atoms with Gasteiger partial charge in [-0.2, -0.15) is 4.98 Å². The topological polar surface area (TPSA) is 55.5 Å². The zero-order valence-electron chi connectivity index (χ0n) is 7.03. The molecule has 2 aromatic rings. The van der Waals surface area contributed by atoms with E-state index in [4.69, 9.17) is 4.42 Å². The van der Waals surface area contributed by atoms with Gasteiger partial charge in [-0.15, -0.1) is 4.99 Å². The van der Waals surface area contributed by atoms with Gasteiger partial charge in [0.25, 0.3) is 0 Å². The van der Waals surface area contributed by atoms with Crippen molar-refractivity contribution in [2.24, 2.45) is 4.99 Å². The first-order chi connectivity index (χ1) is 6.83. The van der Waals surface area contributed by atoms with Crippen molar-refractivity contribution >= 4 is 39.1 Å². The van der Waals surface area contributed by atoms with Gasteiger partial charge >= 0.3 is 6.01 Å². The highest BCUT2D eigenvalue weighted by molar-refractivity contribution is 9.08. The summed E-state index contributed by atoms with van der Waals surface area (Å²) in [6.07, 6.45) is 1.38. The maximum absolute atomic E-state index is 9.98. The molecule has 1 heterocycles. The normalized spacial score (nSPS) is 10.1. The Hall–Kier alpha value is -1.45. The lowest BCUT2D eigenvalue weighted by atomic mass is 10.2. The van der Waals surface area contributed by atoms with Gasteiger partial charge in [0.1, 0.15) is 5.52 Å². The number of benzene rings is 1. The van der Waals surface area contributed by atoms with Crippen LogP contribution in [0.3, 0.4) is 0 Å². The first-order valence-electron chi connectivity index (χ1n) is 3.87. The van der Waals surface area contributed by atoms with Gasteiger partial charge < -0.3 is 4.42 Å². The predicted molar refractivity (Wildman–Crippen MR) is 54.4 cm³/mol. The van der Waals surface area contributed by atoms with E-state index < -0.39 is 0 Å². The third kappa shape index (κ3) is 1.60. The van der Waals surface area contributed by atoms with E-state index in [1.165, 1.54) is 6.08 Å². The average Bonchev–Trinajstić information content (AvgIpc) is 2.59. The molecule has 0 fully saturated rings. The van der Waals surface area contributed by atoms with Crippen LogP contribution >= 0.6 is 15.9 Å². The molecule has 5 heteroatoms. The van der Waals surface area contributed by atoms with Crippen LogP contribution in [0.4, 0.5) is 6.01 Å². The second-order valence-corrected chi connectivity index (χ2v) is 3.20. The van der Waals surface area contributed by atoms with Crippen LogP contribution < -0.4 is 0 Å². The molecular formula is C9H5BrN2O2. The van der Waals surface area contributed by atoms with Crippen molar-refractivity contribution in [3.8, 4) is 0 Å². The smallest absolute Gasteiger partial charge is 0.333 e. The molecule has 0 amide bonds. The summed E-state index contributed by atoms with van der Waals surface area (Å²) >= 11 is 3.34. The molecule has 0 unspecified atom stereocenters. The average molecular weight is 253 g/mol. The fourth-order valence-corrected chi connectivity index (χ4v) is 1.48. The quantitative estimate of drug-likeness (QED) is 0.469. The third-order valence-electron chi connectivity index (χ3n) is 1.74. The lowest BCUT2D eigenvalue weighted by molar-refractivity contribution is 0.560. The zero-order valence-corrected chi connectivity index (χ0v) is 8.61. The molecule has 0 spiro atoms. The Morgan fingerprint density at radius 2 is 2.43 bits per heavy atom. The number of nitrogens with zero attached hydrogens (tertiary/aromatic N) is 2. The van der Waals surface area contributed by atoms with Gasteiger partial charge in [0, 0.05) is 5.33 Å². The van der Waals surface area contributed by atoms with E-state index in [-0.39, 0.29) is 6.01 Å². The van der Waals surface area contributed by atoms with Crippen LogP contribution in [-0.4, -0.2) is 11.1 Å². The Kier molecular flexibility index (Phi) is 2.43. The van der Waals surface area contributed by atoms with Gasteiger partial charge in [-0.05, 0) is 17.7 Å². The van der Waals surface area contributed by atoms with Gasteiger partial charge in [-0.1, -0.05) is 22.0 Å². The monoisotopic (exact) mass is 252 g/mol. The molecule has 70 valence electrons. The number of aromatic nitrogens is 1. The molecular weight excluding hydrogens is 248 g/mol. The summed E-state index contributed by atoms with van der Waals surface area (Å²) in [7, 11) is 0. The standard InChI is InChI=1S/C9H5BrN2O2/c10-4-6-1-2-8-7(3-6)12-9(14-8)11-5-13/h1-3H,4H2. The largest absolute Gasteiger partial charge is 0.421 e. The van der Waals surface area contributed by atoms with Gasteiger partial charge in [0.2, 0.25) is 6.08 Å². The summed E-state index contributed by atoms with van der Waals surface area (Å²) in [6.45, 7) is 0. The van der Waals surface area contributed by atoms with Gasteiger partial charge in [0.05, 0.1) is 0 Å². The Morgan fingerprint density at radius 1 is 1.57 bits per heavy atom. The summed E-state index contributed by atoms with van der Waals surface area (Å²) in [5.41, 5.74) is 2.40. The molecule has 0 radical (unpaired) electrons. The van der Waals surface area contributed by atoms with Crippen LogP contribution in [-0.2, 0) is 10.1 Å². The van der Waals surface area contributed by atoms with E-state index in [0.717, 1.165) is 10.9 Å². The Labute approximate surface area is 87.8 Å². The predicted octanol–water partition coefficient (Wildman–Crippen LogP) is 2.69. The van der Waals surface area contributed by atoms with Crippen molar-refractivity contribution in [3.05, 3.63) is 23.8 Å². The first-order valence-corrected chi connectivity index (χ1v) is 4.99. The molecule has 1 aromatic carbocycles. The zero-order chi connectivity index (χ0) is 9.97. The highest BCUT2D eigenvalue weighted by Gasteiger charge is 2.04. The molecule has 1 aromatic heterocycles. The Bertz CT molecular complexity index is 515. The number of carbonyl (C=O) groups excluding carboxylic acids is 1. The van der Waals surface area contributed by atoms with Crippen molar-refractivity contribution in [2.75, 3.05) is 0 Å². The number of alkyl halides is 1. The van der Waals surface area contributed by atoms with Crippen molar-refractivity contribution < 1.29 is 9.21 Å². The van der Waals surface area contributed by atoms with Crippen LogP contribution in [0.2, 0.25) is 0 Å². The maximum atomic E-state index is 9.98. The molecule has 0 atom stereocenters. The molecule has 2 rings (SSSR count). The Balaban J connectivity index is 2.59. The lowest BCUT2D eigenvalue weighted by Crippen LogP contribution is -1.75. The van der Waals surface area contributed by atoms with Gasteiger partial charge in [0.15, 0.2) is 5.58 Å². The van der Waals surface area contributed by atoms with Crippen LogP contribution in [0.5, 0.6) is 0 Å². The fraction of sp³-hybridized carbons (Fsp3) is 0.111. The van der Waals surface area contributed by atoms with E-state index in [9.17, 15) is 4.79 Å². The number of oxazole rings is 1. The Morgan fingerprint density at radius 3 is 3.14 bits per heavy atom. The third-order valence-corrected chi connectivity index (χ3v) is 2.38. The summed E-state index contributed by atoms with van der Waals surface area (Å²) in [5.74, 6) is 0. The van der Waals surface area contributed by atoms with E-state index in [0.29, 0.717) is 11.1 Å². The van der Waals surface area contributed by atoms with Crippen molar-refractivity contribution in [2.45, 2.75) is 5.33 Å². The van der Waals surface area contributed by atoms with Crippen molar-refractivity contribution in [1.82, 2.24) is 4.98 Å². The minimum atomic E-state index is 0.0433. The number of hydrogen-bond donors (Lipinski definition) is 0. The number of isocyanates is 1. The molecule has 0 saturated heterocycles. The summed E-state index contributed by atoms with van der Waals surface area (Å²) in [5, 5.41) is 0.752. The van der Waals surface area contributed by atoms with E-state index in [1.807, 2.05) is 12.1 Å². The molecule has 0 aliphatic rings.